The van der Waals surface area contributed by atoms with E-state index in [1.807, 2.05) is 48.5 Å². The van der Waals surface area contributed by atoms with E-state index in [-0.39, 0.29) is 0 Å². The first kappa shape index (κ1) is 70.8. The summed E-state index contributed by atoms with van der Waals surface area (Å²) in [6.45, 7) is 11.8. The van der Waals surface area contributed by atoms with Gasteiger partial charge >= 0.3 is 11.9 Å². The number of carbonyl (C=O) groups excluding carboxylic acids is 2. The summed E-state index contributed by atoms with van der Waals surface area (Å²) in [6, 6.07) is 33.4. The predicted octanol–water partition coefficient (Wildman–Crippen LogP) is 23.0. The third-order valence-corrected chi connectivity index (χ3v) is 16.2. The van der Waals surface area contributed by atoms with E-state index in [9.17, 15) is 9.59 Å². The predicted molar refractivity (Wildman–Crippen MR) is 356 cm³/mol. The van der Waals surface area contributed by atoms with Gasteiger partial charge in [0.25, 0.3) is 0 Å². The Bertz CT molecular complexity index is 2440. The van der Waals surface area contributed by atoms with Gasteiger partial charge in [0.1, 0.15) is 29.6 Å². The van der Waals surface area contributed by atoms with Gasteiger partial charge in [-0.1, -0.05) is 270 Å². The van der Waals surface area contributed by atoms with Gasteiger partial charge in [0.2, 0.25) is 5.75 Å². The Morgan fingerprint density at radius 3 is 0.942 bits per heavy atom. The number of rotatable bonds is 52. The average Bonchev–Trinajstić information content (AvgIpc) is 3.25. The van der Waals surface area contributed by atoms with Gasteiger partial charge in [-0.2, -0.15) is 0 Å². The maximum Gasteiger partial charge on any atom is 0.343 e. The summed E-state index contributed by atoms with van der Waals surface area (Å²) in [5.74, 6) is 3.07. The molecule has 9 nitrogen and oxygen atoms in total. The average molecular weight is 1180 g/mol. The zero-order chi connectivity index (χ0) is 60.8. The van der Waals surface area contributed by atoms with Crippen molar-refractivity contribution in [2.24, 2.45) is 0 Å². The second-order valence-corrected chi connectivity index (χ2v) is 23.8. The second-order valence-electron chi connectivity index (χ2n) is 23.8. The molecule has 5 aromatic carbocycles. The summed E-state index contributed by atoms with van der Waals surface area (Å²) in [5.41, 5.74) is 3.64. The number of unbranched alkanes of at least 4 members (excludes halogenated alkanes) is 32. The molecule has 86 heavy (non-hydrogen) atoms. The van der Waals surface area contributed by atoms with E-state index in [4.69, 9.17) is 33.2 Å². The van der Waals surface area contributed by atoms with E-state index in [2.05, 4.69) is 27.7 Å². The minimum atomic E-state index is -0.495. The monoisotopic (exact) mass is 1180 g/mol. The van der Waals surface area contributed by atoms with Crippen LogP contribution in [0.15, 0.2) is 109 Å². The van der Waals surface area contributed by atoms with Crippen LogP contribution in [-0.4, -0.2) is 38.4 Å². The molecular weight excluding hydrogens is 1070 g/mol. The van der Waals surface area contributed by atoms with E-state index in [0.29, 0.717) is 72.1 Å². The Balaban J connectivity index is 1.16. The molecule has 0 aliphatic heterocycles. The summed E-state index contributed by atoms with van der Waals surface area (Å²) in [4.78, 5) is 27.3. The molecule has 0 amide bonds. The Kier molecular flexibility index (Phi) is 38.1. The van der Waals surface area contributed by atoms with Gasteiger partial charge < -0.3 is 33.2 Å². The molecule has 0 aromatic heterocycles. The van der Waals surface area contributed by atoms with Crippen molar-refractivity contribution < 1.29 is 42.7 Å². The van der Waals surface area contributed by atoms with Gasteiger partial charge in [-0.25, -0.2) is 9.59 Å². The van der Waals surface area contributed by atoms with Crippen LogP contribution in [0.2, 0.25) is 0 Å². The molecule has 0 heterocycles. The molecule has 0 spiro atoms. The maximum absolute atomic E-state index is 14.1. The van der Waals surface area contributed by atoms with Crippen LogP contribution in [-0.2, 0) is 6.61 Å². The van der Waals surface area contributed by atoms with Crippen molar-refractivity contribution in [2.75, 3.05) is 26.4 Å². The van der Waals surface area contributed by atoms with Crippen LogP contribution in [0.3, 0.4) is 0 Å². The van der Waals surface area contributed by atoms with Crippen molar-refractivity contribution in [3.8, 4) is 51.4 Å². The number of benzene rings is 5. The lowest BCUT2D eigenvalue weighted by atomic mass is 10.1. The molecule has 0 N–H and O–H groups in total. The van der Waals surface area contributed by atoms with Crippen LogP contribution >= 0.6 is 0 Å². The quantitative estimate of drug-likeness (QED) is 0.0214. The SMILES string of the molecule is CCCCCCCCCCCCOc1cc(C(=O)Oc2ccc(-c3ccc(OC(=O)c4ccc(OCc5ccc(OCCCCCCCC)cc5)cc4)cc3)cc2)cc(OCCCCCCCCCCCC)c1OCCCCCCCCCCCC. The molecule has 0 aliphatic carbocycles. The molecule has 0 saturated carbocycles. The molecule has 0 fully saturated rings. The standard InChI is InChI=1S/C77H112O9/c1-5-9-13-17-21-24-27-30-34-38-58-81-73-61-68(62-74(82-59-39-35-31-28-25-22-18-14-10-6-2)75(73)83-60-40-36-32-29-26-23-19-15-11-7-3)77(79)86-72-55-45-66(46-56-72)65-43-53-71(54-44-65)85-76(78)67-47-51-70(52-48-67)84-63-64-41-49-69(50-42-64)80-57-37-33-20-16-12-8-4/h41-56,61-62H,5-40,57-60,63H2,1-4H3. The van der Waals surface area contributed by atoms with E-state index >= 15 is 0 Å². The summed E-state index contributed by atoms with van der Waals surface area (Å²) >= 11 is 0. The Hall–Kier alpha value is -5.96. The molecule has 0 radical (unpaired) electrons. The highest BCUT2D eigenvalue weighted by molar-refractivity contribution is 5.93. The van der Waals surface area contributed by atoms with Gasteiger partial charge in [-0.05, 0) is 115 Å². The van der Waals surface area contributed by atoms with Gasteiger partial charge in [-0.15, -0.1) is 0 Å². The fourth-order valence-electron chi connectivity index (χ4n) is 10.7. The van der Waals surface area contributed by atoms with Crippen LogP contribution in [0.25, 0.3) is 11.1 Å². The number of esters is 2. The fourth-order valence-corrected chi connectivity index (χ4v) is 10.7. The normalized spacial score (nSPS) is 11.2. The Morgan fingerprint density at radius 2 is 0.570 bits per heavy atom. The molecule has 9 heteroatoms. The van der Waals surface area contributed by atoms with E-state index in [0.717, 1.165) is 74.0 Å². The van der Waals surface area contributed by atoms with E-state index in [1.165, 1.54) is 186 Å². The summed E-state index contributed by atoms with van der Waals surface area (Å²) in [7, 11) is 0. The Labute approximate surface area is 521 Å². The zero-order valence-electron chi connectivity index (χ0n) is 54.1. The van der Waals surface area contributed by atoms with Crippen molar-refractivity contribution in [1.82, 2.24) is 0 Å². The molecule has 474 valence electrons. The molecule has 5 aromatic rings. The largest absolute Gasteiger partial charge is 0.494 e. The van der Waals surface area contributed by atoms with Crippen LogP contribution < -0.4 is 33.2 Å². The maximum atomic E-state index is 14.1. The summed E-state index contributed by atoms with van der Waals surface area (Å²) in [6.07, 6.45) is 44.7. The molecular formula is C77H112O9. The Morgan fingerprint density at radius 1 is 0.279 bits per heavy atom. The van der Waals surface area contributed by atoms with Gasteiger partial charge in [-0.3, -0.25) is 0 Å². The lowest BCUT2D eigenvalue weighted by molar-refractivity contribution is 0.0724. The van der Waals surface area contributed by atoms with Crippen LogP contribution in [0.1, 0.15) is 285 Å². The highest BCUT2D eigenvalue weighted by Crippen LogP contribution is 2.40. The van der Waals surface area contributed by atoms with Crippen LogP contribution in [0.4, 0.5) is 0 Å². The molecule has 5 rings (SSSR count). The molecule has 0 unspecified atom stereocenters. The highest BCUT2D eigenvalue weighted by Gasteiger charge is 2.21. The van der Waals surface area contributed by atoms with E-state index < -0.39 is 11.9 Å². The van der Waals surface area contributed by atoms with Gasteiger partial charge in [0.15, 0.2) is 11.5 Å². The van der Waals surface area contributed by atoms with Crippen molar-refractivity contribution >= 4 is 11.9 Å². The molecule has 0 atom stereocenters. The third kappa shape index (κ3) is 30.6. The smallest absolute Gasteiger partial charge is 0.343 e. The molecule has 0 saturated heterocycles. The second kappa shape index (κ2) is 46.2. The van der Waals surface area contributed by atoms with Crippen molar-refractivity contribution in [1.29, 1.82) is 0 Å². The molecule has 0 bridgehead atoms. The van der Waals surface area contributed by atoms with Crippen molar-refractivity contribution in [3.05, 3.63) is 126 Å². The highest BCUT2D eigenvalue weighted by atomic mass is 16.6. The fraction of sp³-hybridized carbons (Fsp3) is 0.584. The first-order valence-corrected chi connectivity index (χ1v) is 34.6. The van der Waals surface area contributed by atoms with Crippen molar-refractivity contribution in [3.63, 3.8) is 0 Å². The van der Waals surface area contributed by atoms with Crippen molar-refractivity contribution in [2.45, 2.75) is 265 Å². The number of carbonyl (C=O) groups is 2. The minimum absolute atomic E-state index is 0.354. The first-order valence-electron chi connectivity index (χ1n) is 34.6. The van der Waals surface area contributed by atoms with Crippen LogP contribution in [0, 0.1) is 0 Å². The topological polar surface area (TPSA) is 98.8 Å². The minimum Gasteiger partial charge on any atom is -0.494 e. The lowest BCUT2D eigenvalue weighted by Crippen LogP contribution is -2.12. The lowest BCUT2D eigenvalue weighted by Gasteiger charge is -2.19. The van der Waals surface area contributed by atoms with Gasteiger partial charge in [0.05, 0.1) is 37.6 Å². The first-order chi connectivity index (χ1) is 42.4. The van der Waals surface area contributed by atoms with Crippen LogP contribution in [0.5, 0.6) is 40.2 Å². The number of hydrogen-bond acceptors (Lipinski definition) is 9. The van der Waals surface area contributed by atoms with Gasteiger partial charge in [0, 0.05) is 0 Å². The summed E-state index contributed by atoms with van der Waals surface area (Å²) in [5, 5.41) is 0. The third-order valence-electron chi connectivity index (χ3n) is 16.2. The van der Waals surface area contributed by atoms with E-state index in [1.54, 1.807) is 60.7 Å². The number of hydrogen-bond donors (Lipinski definition) is 0. The zero-order valence-corrected chi connectivity index (χ0v) is 54.1. The molecule has 0 aliphatic rings. The summed E-state index contributed by atoms with van der Waals surface area (Å²) < 4.78 is 43.5. The number of ether oxygens (including phenoxy) is 7.